The van der Waals surface area contributed by atoms with Crippen LogP contribution in [0.2, 0.25) is 4.47 Å². The van der Waals surface area contributed by atoms with Crippen LogP contribution in [-0.2, 0) is 10.0 Å². The van der Waals surface area contributed by atoms with Crippen LogP contribution in [0, 0.1) is 0 Å². The highest BCUT2D eigenvalue weighted by Crippen LogP contribution is 2.25. The monoisotopic (exact) mass is 342 g/mol. The van der Waals surface area contributed by atoms with Gasteiger partial charge in [-0.1, -0.05) is 22.9 Å². The Hall–Kier alpha value is -1.97. The zero-order valence-corrected chi connectivity index (χ0v) is 12.6. The minimum Gasteiger partial charge on any atom is -0.423 e. The molecule has 1 N–H and O–H groups in total. The van der Waals surface area contributed by atoms with Crippen molar-refractivity contribution in [2.75, 3.05) is 4.72 Å². The van der Waals surface area contributed by atoms with E-state index in [1.165, 1.54) is 12.6 Å². The van der Waals surface area contributed by atoms with E-state index in [9.17, 15) is 8.42 Å². The summed E-state index contributed by atoms with van der Waals surface area (Å²) in [7, 11) is -3.69. The second-order valence-electron chi connectivity index (χ2n) is 3.86. The third-order valence-corrected chi connectivity index (χ3v) is 5.42. The molecule has 3 rings (SSSR count). The number of rotatable bonds is 4. The lowest BCUT2D eigenvalue weighted by atomic mass is 10.2. The van der Waals surface area contributed by atoms with Crippen LogP contribution in [0.25, 0.3) is 11.5 Å². The van der Waals surface area contributed by atoms with E-state index >= 15 is 0 Å². The first-order valence-corrected chi connectivity index (χ1v) is 8.23. The van der Waals surface area contributed by atoms with E-state index < -0.39 is 10.0 Å². The van der Waals surface area contributed by atoms with Gasteiger partial charge in [-0.25, -0.2) is 13.4 Å². The quantitative estimate of drug-likeness (QED) is 0.782. The predicted octanol–water partition coefficient (Wildman–Crippen LogP) is 2.65. The normalized spacial score (nSPS) is 11.5. The molecule has 7 nitrogen and oxygen atoms in total. The number of thiazole rings is 1. The van der Waals surface area contributed by atoms with E-state index in [1.807, 2.05) is 0 Å². The maximum Gasteiger partial charge on any atom is 0.273 e. The summed E-state index contributed by atoms with van der Waals surface area (Å²) in [6.45, 7) is 0. The van der Waals surface area contributed by atoms with Gasteiger partial charge in [0.25, 0.3) is 10.0 Å². The molecule has 0 saturated carbocycles. The molecule has 0 fully saturated rings. The predicted molar refractivity (Wildman–Crippen MR) is 77.7 cm³/mol. The highest BCUT2D eigenvalue weighted by molar-refractivity contribution is 7.94. The SMILES string of the molecule is O=S(=O)(Nc1ccc(-c2nnco2)cc1)c1cnc(Cl)s1. The molecule has 0 amide bonds. The van der Waals surface area contributed by atoms with Gasteiger partial charge in [-0.3, -0.25) is 4.72 Å². The molecule has 0 bridgehead atoms. The van der Waals surface area contributed by atoms with Crippen LogP contribution in [0.15, 0.2) is 45.5 Å². The van der Waals surface area contributed by atoms with E-state index in [2.05, 4.69) is 19.9 Å². The van der Waals surface area contributed by atoms with Crippen LogP contribution in [0.3, 0.4) is 0 Å². The second-order valence-corrected chi connectivity index (χ2v) is 7.38. The van der Waals surface area contributed by atoms with Crippen molar-refractivity contribution in [3.63, 3.8) is 0 Å². The van der Waals surface area contributed by atoms with Gasteiger partial charge in [0.1, 0.15) is 0 Å². The Morgan fingerprint density at radius 1 is 1.24 bits per heavy atom. The maximum atomic E-state index is 12.1. The van der Waals surface area contributed by atoms with Crippen molar-refractivity contribution in [2.24, 2.45) is 0 Å². The number of sulfonamides is 1. The molecular weight excluding hydrogens is 336 g/mol. The molecule has 10 heteroatoms. The molecule has 0 aliphatic rings. The van der Waals surface area contributed by atoms with Crippen molar-refractivity contribution in [1.29, 1.82) is 0 Å². The van der Waals surface area contributed by atoms with Crippen LogP contribution in [0.5, 0.6) is 0 Å². The molecule has 0 saturated heterocycles. The molecule has 2 aromatic heterocycles. The number of anilines is 1. The summed E-state index contributed by atoms with van der Waals surface area (Å²) >= 11 is 6.52. The molecule has 21 heavy (non-hydrogen) atoms. The summed E-state index contributed by atoms with van der Waals surface area (Å²) in [6.07, 6.45) is 2.43. The highest BCUT2D eigenvalue weighted by Gasteiger charge is 2.17. The van der Waals surface area contributed by atoms with Crippen molar-refractivity contribution < 1.29 is 12.8 Å². The lowest BCUT2D eigenvalue weighted by Gasteiger charge is -2.05. The molecule has 0 unspecified atom stereocenters. The van der Waals surface area contributed by atoms with Gasteiger partial charge < -0.3 is 4.42 Å². The molecule has 0 spiro atoms. The fraction of sp³-hybridized carbons (Fsp3) is 0. The van der Waals surface area contributed by atoms with E-state index in [1.54, 1.807) is 24.3 Å². The maximum absolute atomic E-state index is 12.1. The molecule has 2 heterocycles. The van der Waals surface area contributed by atoms with E-state index in [0.29, 0.717) is 17.1 Å². The molecule has 1 aromatic carbocycles. The Bertz CT molecular complexity index is 844. The van der Waals surface area contributed by atoms with Crippen molar-refractivity contribution in [2.45, 2.75) is 4.21 Å². The second kappa shape index (κ2) is 5.43. The molecule has 0 radical (unpaired) electrons. The Labute approximate surface area is 128 Å². The van der Waals surface area contributed by atoms with Crippen LogP contribution < -0.4 is 4.72 Å². The van der Waals surface area contributed by atoms with Crippen molar-refractivity contribution in [3.8, 4) is 11.5 Å². The Kier molecular flexibility index (Phi) is 3.62. The third kappa shape index (κ3) is 3.04. The number of halogens is 1. The van der Waals surface area contributed by atoms with Crippen LogP contribution >= 0.6 is 22.9 Å². The van der Waals surface area contributed by atoms with Gasteiger partial charge in [-0.2, -0.15) is 0 Å². The number of hydrogen-bond acceptors (Lipinski definition) is 7. The lowest BCUT2D eigenvalue weighted by Crippen LogP contribution is -2.11. The summed E-state index contributed by atoms with van der Waals surface area (Å²) in [5, 5.41) is 7.34. The number of aromatic nitrogens is 3. The summed E-state index contributed by atoms with van der Waals surface area (Å²) < 4.78 is 31.9. The number of nitrogens with one attached hydrogen (secondary N) is 1. The fourth-order valence-corrected chi connectivity index (χ4v) is 3.90. The zero-order chi connectivity index (χ0) is 14.9. The van der Waals surface area contributed by atoms with Gasteiger partial charge in [0.05, 0.1) is 6.20 Å². The van der Waals surface area contributed by atoms with Gasteiger partial charge in [0.15, 0.2) is 8.68 Å². The van der Waals surface area contributed by atoms with Gasteiger partial charge >= 0.3 is 0 Å². The number of nitrogens with zero attached hydrogens (tertiary/aromatic N) is 3. The molecule has 0 atom stereocenters. The smallest absolute Gasteiger partial charge is 0.273 e. The van der Waals surface area contributed by atoms with Crippen LogP contribution in [-0.4, -0.2) is 23.6 Å². The summed E-state index contributed by atoms with van der Waals surface area (Å²) in [4.78, 5) is 3.71. The standard InChI is InChI=1S/C11H7ClN4O3S2/c12-11-13-5-9(20-11)21(17,18)16-8-3-1-7(2-4-8)10-15-14-6-19-10/h1-6,16H. The largest absolute Gasteiger partial charge is 0.423 e. The Balaban J connectivity index is 1.82. The molecule has 0 aliphatic heterocycles. The molecular formula is C11H7ClN4O3S2. The number of benzene rings is 1. The minimum atomic E-state index is -3.69. The average molecular weight is 343 g/mol. The van der Waals surface area contributed by atoms with E-state index in [4.69, 9.17) is 16.0 Å². The fourth-order valence-electron chi connectivity index (χ4n) is 1.55. The van der Waals surface area contributed by atoms with Crippen molar-refractivity contribution in [1.82, 2.24) is 15.2 Å². The van der Waals surface area contributed by atoms with Gasteiger partial charge in [-0.15, -0.1) is 10.2 Å². The van der Waals surface area contributed by atoms with Crippen molar-refractivity contribution in [3.05, 3.63) is 41.3 Å². The summed E-state index contributed by atoms with van der Waals surface area (Å²) in [6, 6.07) is 6.54. The minimum absolute atomic E-state index is 0.0495. The third-order valence-electron chi connectivity index (χ3n) is 2.47. The van der Waals surface area contributed by atoms with Gasteiger partial charge in [-0.05, 0) is 24.3 Å². The average Bonchev–Trinajstić information content (AvgIpc) is 3.10. The molecule has 0 aliphatic carbocycles. The van der Waals surface area contributed by atoms with Crippen molar-refractivity contribution >= 4 is 38.6 Å². The zero-order valence-electron chi connectivity index (χ0n) is 10.2. The summed E-state index contributed by atoms with van der Waals surface area (Å²) in [5.41, 5.74) is 1.10. The van der Waals surface area contributed by atoms with Crippen LogP contribution in [0.1, 0.15) is 0 Å². The highest BCUT2D eigenvalue weighted by atomic mass is 35.5. The first kappa shape index (κ1) is 14.0. The Morgan fingerprint density at radius 3 is 2.57 bits per heavy atom. The summed E-state index contributed by atoms with van der Waals surface area (Å²) in [5.74, 6) is 0.360. The number of hydrogen-bond donors (Lipinski definition) is 1. The molecule has 108 valence electrons. The first-order chi connectivity index (χ1) is 10.0. The van der Waals surface area contributed by atoms with E-state index in [0.717, 1.165) is 11.3 Å². The van der Waals surface area contributed by atoms with Crippen LogP contribution in [0.4, 0.5) is 5.69 Å². The van der Waals surface area contributed by atoms with Gasteiger partial charge in [0.2, 0.25) is 12.3 Å². The molecule has 3 aromatic rings. The van der Waals surface area contributed by atoms with Gasteiger partial charge in [0, 0.05) is 11.3 Å². The lowest BCUT2D eigenvalue weighted by molar-refractivity contribution is 0.568. The Morgan fingerprint density at radius 2 is 2.00 bits per heavy atom. The first-order valence-electron chi connectivity index (χ1n) is 5.55. The van der Waals surface area contributed by atoms with E-state index in [-0.39, 0.29) is 8.68 Å². The topological polar surface area (TPSA) is 98.0 Å².